The van der Waals surface area contributed by atoms with Gasteiger partial charge in [-0.25, -0.2) is 8.42 Å². The first-order chi connectivity index (χ1) is 12.8. The van der Waals surface area contributed by atoms with Crippen molar-refractivity contribution in [2.45, 2.75) is 6.18 Å². The van der Waals surface area contributed by atoms with Gasteiger partial charge in [0.05, 0.1) is 27.3 Å². The van der Waals surface area contributed by atoms with E-state index in [1.807, 2.05) is 0 Å². The summed E-state index contributed by atoms with van der Waals surface area (Å²) >= 11 is 5.76. The molecule has 28 heavy (non-hydrogen) atoms. The molecule has 0 spiro atoms. The lowest BCUT2D eigenvalue weighted by Gasteiger charge is -2.14. The maximum absolute atomic E-state index is 12.7. The van der Waals surface area contributed by atoms with E-state index in [1.165, 1.54) is 0 Å². The molecule has 0 atom stereocenters. The lowest BCUT2D eigenvalue weighted by Crippen LogP contribution is -2.22. The molecule has 0 saturated carbocycles. The van der Waals surface area contributed by atoms with Crippen LogP contribution in [0.25, 0.3) is 0 Å². The Balaban J connectivity index is 2.47. The number of sulfonamides is 1. The summed E-state index contributed by atoms with van der Waals surface area (Å²) in [5, 5.41) is 22.6. The van der Waals surface area contributed by atoms with Crippen molar-refractivity contribution in [2.24, 2.45) is 4.40 Å². The Bertz CT molecular complexity index is 1070. The normalized spacial score (nSPS) is 12.7. The molecule has 0 aliphatic rings. The van der Waals surface area contributed by atoms with Crippen molar-refractivity contribution in [3.63, 3.8) is 0 Å². The molecule has 0 aliphatic heterocycles. The molecule has 2 rings (SSSR count). The van der Waals surface area contributed by atoms with Crippen molar-refractivity contribution >= 4 is 33.2 Å². The molecular formula is C15H9ClF3N2O6S-. The molecule has 8 nitrogen and oxygen atoms in total. The standard InChI is InChI=1S/C15H10ClF3N2O6S/c1-28(25,26)20-14(22)10-7-9(3-4-12(10)21(23)24)27-13-5-2-8(6-11(13)16)15(17,18)19/h2-7H,1H3,(H,20,22)/p-1. The van der Waals surface area contributed by atoms with Crippen LogP contribution in [-0.4, -0.2) is 25.5 Å². The molecule has 0 radical (unpaired) electrons. The maximum Gasteiger partial charge on any atom is 0.416 e. The van der Waals surface area contributed by atoms with E-state index in [9.17, 15) is 36.8 Å². The summed E-state index contributed by atoms with van der Waals surface area (Å²) < 4.78 is 68.4. The minimum Gasteiger partial charge on any atom is -0.857 e. The van der Waals surface area contributed by atoms with Gasteiger partial charge >= 0.3 is 6.18 Å². The van der Waals surface area contributed by atoms with Crippen LogP contribution in [0, 0.1) is 10.1 Å². The van der Waals surface area contributed by atoms with E-state index in [0.29, 0.717) is 18.4 Å². The van der Waals surface area contributed by atoms with E-state index in [-0.39, 0.29) is 11.5 Å². The van der Waals surface area contributed by atoms with Gasteiger partial charge in [0.1, 0.15) is 11.5 Å². The molecule has 0 heterocycles. The topological polar surface area (TPSA) is 122 Å². The molecule has 2 aromatic rings. The van der Waals surface area contributed by atoms with Gasteiger partial charge in [-0.15, -0.1) is 0 Å². The highest BCUT2D eigenvalue weighted by atomic mass is 35.5. The van der Waals surface area contributed by atoms with E-state index < -0.39 is 48.9 Å². The smallest absolute Gasteiger partial charge is 0.416 e. The number of halogens is 4. The van der Waals surface area contributed by atoms with Gasteiger partial charge in [0, 0.05) is 12.0 Å². The van der Waals surface area contributed by atoms with E-state index in [4.69, 9.17) is 16.3 Å². The Morgan fingerprint density at radius 3 is 2.36 bits per heavy atom. The average molecular weight is 438 g/mol. The van der Waals surface area contributed by atoms with E-state index in [0.717, 1.165) is 24.3 Å². The average Bonchev–Trinajstić information content (AvgIpc) is 2.54. The zero-order valence-electron chi connectivity index (χ0n) is 13.7. The number of nitro benzene ring substituents is 1. The predicted molar refractivity (Wildman–Crippen MR) is 91.0 cm³/mol. The first-order valence-corrected chi connectivity index (χ1v) is 9.31. The van der Waals surface area contributed by atoms with Gasteiger partial charge in [0.15, 0.2) is 0 Å². The molecule has 0 amide bonds. The van der Waals surface area contributed by atoms with E-state index in [2.05, 4.69) is 4.40 Å². The third-order valence-corrected chi connectivity index (χ3v) is 3.92. The number of nitro groups is 1. The second kappa shape index (κ2) is 7.64. The van der Waals surface area contributed by atoms with Crippen LogP contribution in [0.15, 0.2) is 40.8 Å². The van der Waals surface area contributed by atoms with Crippen LogP contribution >= 0.6 is 11.6 Å². The first-order valence-electron chi connectivity index (χ1n) is 7.08. The molecular weight excluding hydrogens is 429 g/mol. The summed E-state index contributed by atoms with van der Waals surface area (Å²) in [4.78, 5) is 10.1. The van der Waals surface area contributed by atoms with Crippen LogP contribution in [0.2, 0.25) is 5.02 Å². The summed E-state index contributed by atoms with van der Waals surface area (Å²) in [6.45, 7) is 0. The van der Waals surface area contributed by atoms with Gasteiger partial charge in [0.2, 0.25) is 10.0 Å². The summed E-state index contributed by atoms with van der Waals surface area (Å²) in [5.41, 5.74) is -2.43. The van der Waals surface area contributed by atoms with Gasteiger partial charge in [-0.3, -0.25) is 10.1 Å². The van der Waals surface area contributed by atoms with Crippen molar-refractivity contribution in [3.8, 4) is 11.5 Å². The van der Waals surface area contributed by atoms with Crippen LogP contribution in [0.4, 0.5) is 18.9 Å². The molecule has 0 fully saturated rings. The number of benzene rings is 2. The number of rotatable bonds is 5. The molecule has 0 unspecified atom stereocenters. The van der Waals surface area contributed by atoms with Gasteiger partial charge in [0.25, 0.3) is 5.69 Å². The quantitative estimate of drug-likeness (QED) is 0.306. The van der Waals surface area contributed by atoms with E-state index >= 15 is 0 Å². The van der Waals surface area contributed by atoms with Crippen molar-refractivity contribution in [2.75, 3.05) is 6.26 Å². The van der Waals surface area contributed by atoms with Crippen LogP contribution < -0.4 is 9.84 Å². The number of nitrogens with zero attached hydrogens (tertiary/aromatic N) is 2. The second-order valence-electron chi connectivity index (χ2n) is 5.31. The zero-order valence-corrected chi connectivity index (χ0v) is 15.3. The lowest BCUT2D eigenvalue weighted by atomic mass is 10.1. The van der Waals surface area contributed by atoms with Crippen molar-refractivity contribution < 1.29 is 36.4 Å². The SMILES string of the molecule is CS(=O)(=O)N=C([O-])c1cc(Oc2ccc(C(F)(F)F)cc2Cl)ccc1[N+](=O)[O-]. The summed E-state index contributed by atoms with van der Waals surface area (Å²) in [6, 6.07) is 5.00. The molecule has 0 N–H and O–H groups in total. The Kier molecular flexibility index (Phi) is 5.85. The van der Waals surface area contributed by atoms with Gasteiger partial charge in [-0.05, 0) is 30.3 Å². The fourth-order valence-electron chi connectivity index (χ4n) is 2.00. The zero-order chi connectivity index (χ0) is 21.3. The summed E-state index contributed by atoms with van der Waals surface area (Å²) in [6.07, 6.45) is -4.00. The Hall–Kier alpha value is -2.86. The molecule has 0 aromatic heterocycles. The van der Waals surface area contributed by atoms with Gasteiger partial charge in [-0.1, -0.05) is 11.6 Å². The Morgan fingerprint density at radius 1 is 1.21 bits per heavy atom. The molecule has 150 valence electrons. The highest BCUT2D eigenvalue weighted by Crippen LogP contribution is 2.37. The predicted octanol–water partition coefficient (Wildman–Crippen LogP) is 3.13. The van der Waals surface area contributed by atoms with Crippen molar-refractivity contribution in [1.82, 2.24) is 0 Å². The third kappa shape index (κ3) is 5.33. The first kappa shape index (κ1) is 21.4. The highest BCUT2D eigenvalue weighted by molar-refractivity contribution is 7.89. The monoisotopic (exact) mass is 437 g/mol. The lowest BCUT2D eigenvalue weighted by molar-refractivity contribution is -0.385. The molecule has 13 heteroatoms. The minimum atomic E-state index is -4.62. The number of hydrogen-bond acceptors (Lipinski definition) is 6. The van der Waals surface area contributed by atoms with Gasteiger partial charge < -0.3 is 9.84 Å². The van der Waals surface area contributed by atoms with Crippen LogP contribution in [0.5, 0.6) is 11.5 Å². The molecule has 0 saturated heterocycles. The summed E-state index contributed by atoms with van der Waals surface area (Å²) in [5.74, 6) is -1.83. The fourth-order valence-corrected chi connectivity index (χ4v) is 2.61. The van der Waals surface area contributed by atoms with Gasteiger partial charge in [-0.2, -0.15) is 17.6 Å². The number of ether oxygens (including phenoxy) is 1. The highest BCUT2D eigenvalue weighted by Gasteiger charge is 2.31. The minimum absolute atomic E-state index is 0.209. The number of hydrogen-bond donors (Lipinski definition) is 0. The Labute approximate surface area is 161 Å². The number of alkyl halides is 3. The van der Waals surface area contributed by atoms with Crippen LogP contribution in [-0.2, 0) is 16.2 Å². The summed E-state index contributed by atoms with van der Waals surface area (Å²) in [7, 11) is -4.13. The largest absolute Gasteiger partial charge is 0.857 e. The Morgan fingerprint density at radius 2 is 1.86 bits per heavy atom. The second-order valence-corrected chi connectivity index (χ2v) is 7.37. The molecule has 0 bridgehead atoms. The maximum atomic E-state index is 12.7. The van der Waals surface area contributed by atoms with Crippen LogP contribution in [0.3, 0.4) is 0 Å². The molecule has 0 aliphatic carbocycles. The van der Waals surface area contributed by atoms with Crippen LogP contribution in [0.1, 0.15) is 11.1 Å². The van der Waals surface area contributed by atoms with E-state index in [1.54, 1.807) is 0 Å². The van der Waals surface area contributed by atoms with Crippen molar-refractivity contribution in [3.05, 3.63) is 62.7 Å². The third-order valence-electron chi connectivity index (χ3n) is 3.13. The van der Waals surface area contributed by atoms with Crippen molar-refractivity contribution in [1.29, 1.82) is 0 Å². The fraction of sp³-hybridized carbons (Fsp3) is 0.133. The molecule has 2 aromatic carbocycles.